The molecule has 8 heteroatoms. The van der Waals surface area contributed by atoms with Gasteiger partial charge < -0.3 is 9.47 Å². The molecule has 0 aliphatic carbocycles. The number of likely N-dealkylation sites (tertiary alicyclic amines) is 1. The van der Waals surface area contributed by atoms with E-state index in [0.717, 1.165) is 62.1 Å². The molecular formula is C30H35N3O4S. The fraction of sp³-hybridized carbons (Fsp3) is 0.367. The molecule has 0 bridgehead atoms. The van der Waals surface area contributed by atoms with Gasteiger partial charge in [-0.1, -0.05) is 37.6 Å². The number of benzene rings is 3. The van der Waals surface area contributed by atoms with Gasteiger partial charge in [0.2, 0.25) is 10.0 Å². The van der Waals surface area contributed by atoms with Crippen molar-refractivity contribution in [3.8, 4) is 28.7 Å². The van der Waals surface area contributed by atoms with Crippen molar-refractivity contribution in [1.82, 2.24) is 9.62 Å². The highest BCUT2D eigenvalue weighted by Crippen LogP contribution is 2.24. The van der Waals surface area contributed by atoms with E-state index in [1.165, 1.54) is 0 Å². The van der Waals surface area contributed by atoms with Crippen LogP contribution in [0.4, 0.5) is 0 Å². The van der Waals surface area contributed by atoms with Crippen LogP contribution in [0.3, 0.4) is 0 Å². The zero-order chi connectivity index (χ0) is 26.8. The Kier molecular flexibility index (Phi) is 9.77. The molecule has 1 N–H and O–H groups in total. The summed E-state index contributed by atoms with van der Waals surface area (Å²) in [5.74, 6) is 1.48. The first-order chi connectivity index (χ1) is 18.5. The van der Waals surface area contributed by atoms with Gasteiger partial charge in [0.15, 0.2) is 0 Å². The smallest absolute Gasteiger partial charge is 0.241 e. The number of nitrogens with zero attached hydrogens (tertiary/aromatic N) is 2. The zero-order valence-corrected chi connectivity index (χ0v) is 22.6. The molecule has 1 aliphatic rings. The van der Waals surface area contributed by atoms with Crippen molar-refractivity contribution in [2.45, 2.75) is 50.1 Å². The molecular weight excluding hydrogens is 498 g/mol. The van der Waals surface area contributed by atoms with E-state index in [4.69, 9.17) is 14.7 Å². The lowest BCUT2D eigenvalue weighted by atomic mass is 10.0. The quantitative estimate of drug-likeness (QED) is 0.289. The summed E-state index contributed by atoms with van der Waals surface area (Å²) in [5.41, 5.74) is 2.76. The Morgan fingerprint density at radius 1 is 0.895 bits per heavy atom. The number of hydrogen-bond donors (Lipinski definition) is 1. The van der Waals surface area contributed by atoms with Gasteiger partial charge in [0.25, 0.3) is 0 Å². The van der Waals surface area contributed by atoms with E-state index in [-0.39, 0.29) is 11.1 Å². The highest BCUT2D eigenvalue weighted by atomic mass is 32.2. The van der Waals surface area contributed by atoms with Crippen molar-refractivity contribution in [2.24, 2.45) is 0 Å². The molecule has 4 rings (SSSR count). The molecule has 1 heterocycles. The minimum Gasteiger partial charge on any atom is -0.494 e. The summed E-state index contributed by atoms with van der Waals surface area (Å²) in [5, 5.41) is 8.95. The molecule has 1 unspecified atom stereocenters. The number of nitriles is 1. The van der Waals surface area contributed by atoms with Gasteiger partial charge in [-0.2, -0.15) is 9.98 Å². The largest absolute Gasteiger partial charge is 0.494 e. The van der Waals surface area contributed by atoms with E-state index in [0.29, 0.717) is 24.5 Å². The van der Waals surface area contributed by atoms with Crippen LogP contribution in [-0.2, 0) is 10.0 Å². The third-order valence-electron chi connectivity index (χ3n) is 6.62. The maximum atomic E-state index is 13.0. The Morgan fingerprint density at radius 2 is 1.47 bits per heavy atom. The molecule has 1 atom stereocenters. The fourth-order valence-corrected chi connectivity index (χ4v) is 5.72. The van der Waals surface area contributed by atoms with Gasteiger partial charge >= 0.3 is 0 Å². The topological polar surface area (TPSA) is 91.7 Å². The fourth-order valence-electron chi connectivity index (χ4n) is 4.46. The minimum absolute atomic E-state index is 0.216. The van der Waals surface area contributed by atoms with Crippen molar-refractivity contribution in [3.05, 3.63) is 78.4 Å². The van der Waals surface area contributed by atoms with E-state index in [1.54, 1.807) is 24.3 Å². The molecule has 0 aromatic heterocycles. The van der Waals surface area contributed by atoms with Crippen LogP contribution in [0.2, 0.25) is 0 Å². The molecule has 3 aromatic carbocycles. The molecule has 0 saturated carbocycles. The number of ether oxygens (including phenoxy) is 2. The Balaban J connectivity index is 1.23. The van der Waals surface area contributed by atoms with E-state index in [1.807, 2.05) is 48.5 Å². The van der Waals surface area contributed by atoms with E-state index in [9.17, 15) is 8.42 Å². The van der Waals surface area contributed by atoms with E-state index < -0.39 is 10.0 Å². The molecule has 0 amide bonds. The van der Waals surface area contributed by atoms with Crippen molar-refractivity contribution in [1.29, 1.82) is 5.26 Å². The standard InChI is InChI=1S/C30H35N3O4S/c1-2-3-21-36-28-15-17-29(18-16-28)38(34,35)32-30-6-4-19-33(30)20-5-22-37-27-13-11-26(12-14-27)25-9-7-24(23-31)8-10-25/h7-18,30,32H,2-6,19-22H2,1H3. The molecule has 1 fully saturated rings. The van der Waals surface area contributed by atoms with Crippen molar-refractivity contribution < 1.29 is 17.9 Å². The molecule has 3 aromatic rings. The van der Waals surface area contributed by atoms with E-state index in [2.05, 4.69) is 22.6 Å². The predicted octanol–water partition coefficient (Wildman–Crippen LogP) is 5.57. The third kappa shape index (κ3) is 7.57. The van der Waals surface area contributed by atoms with Crippen molar-refractivity contribution in [3.63, 3.8) is 0 Å². The van der Waals surface area contributed by atoms with Gasteiger partial charge in [-0.25, -0.2) is 8.42 Å². The van der Waals surface area contributed by atoms with Gasteiger partial charge in [0, 0.05) is 6.54 Å². The van der Waals surface area contributed by atoms with Gasteiger partial charge in [0.05, 0.1) is 35.9 Å². The van der Waals surface area contributed by atoms with Gasteiger partial charge in [0.1, 0.15) is 11.5 Å². The van der Waals surface area contributed by atoms with Gasteiger partial charge in [-0.05, 0) is 91.9 Å². The SMILES string of the molecule is CCCCOc1ccc(S(=O)(=O)NC2CCCN2CCCOc2ccc(-c3ccc(C#N)cc3)cc2)cc1. The second-order valence-corrected chi connectivity index (χ2v) is 11.1. The molecule has 1 aliphatic heterocycles. The Morgan fingerprint density at radius 3 is 2.08 bits per heavy atom. The first-order valence-electron chi connectivity index (χ1n) is 13.2. The summed E-state index contributed by atoms with van der Waals surface area (Å²) >= 11 is 0. The van der Waals surface area contributed by atoms with Crippen LogP contribution < -0.4 is 14.2 Å². The van der Waals surface area contributed by atoms with Crippen LogP contribution in [0.1, 0.15) is 44.6 Å². The van der Waals surface area contributed by atoms with Gasteiger partial charge in [-0.15, -0.1) is 0 Å². The van der Waals surface area contributed by atoms with Crippen LogP contribution in [0.15, 0.2) is 77.7 Å². The minimum atomic E-state index is -3.62. The Bertz CT molecular complexity index is 1300. The van der Waals surface area contributed by atoms with Crippen LogP contribution in [0.25, 0.3) is 11.1 Å². The maximum Gasteiger partial charge on any atom is 0.241 e. The average molecular weight is 534 g/mol. The maximum absolute atomic E-state index is 13.0. The second-order valence-electron chi connectivity index (χ2n) is 9.40. The molecule has 200 valence electrons. The Labute approximate surface area is 226 Å². The lowest BCUT2D eigenvalue weighted by Gasteiger charge is -2.25. The van der Waals surface area contributed by atoms with Crippen LogP contribution in [0.5, 0.6) is 11.5 Å². The monoisotopic (exact) mass is 533 g/mol. The number of rotatable bonds is 13. The number of nitrogens with one attached hydrogen (secondary N) is 1. The third-order valence-corrected chi connectivity index (χ3v) is 8.09. The number of sulfonamides is 1. The van der Waals surface area contributed by atoms with Crippen molar-refractivity contribution >= 4 is 10.0 Å². The lowest BCUT2D eigenvalue weighted by Crippen LogP contribution is -2.44. The summed E-state index contributed by atoms with van der Waals surface area (Å²) < 4.78 is 40.4. The molecule has 0 spiro atoms. The summed E-state index contributed by atoms with van der Waals surface area (Å²) in [6, 6.07) is 24.2. The highest BCUT2D eigenvalue weighted by molar-refractivity contribution is 7.89. The second kappa shape index (κ2) is 13.4. The summed E-state index contributed by atoms with van der Waals surface area (Å²) in [4.78, 5) is 2.43. The average Bonchev–Trinajstić information content (AvgIpc) is 3.38. The Hall–Kier alpha value is -3.38. The molecule has 38 heavy (non-hydrogen) atoms. The number of unbranched alkanes of at least 4 members (excludes halogenated alkanes) is 1. The first kappa shape index (κ1) is 27.6. The van der Waals surface area contributed by atoms with Crippen LogP contribution in [0, 0.1) is 11.3 Å². The van der Waals surface area contributed by atoms with Crippen molar-refractivity contribution in [2.75, 3.05) is 26.3 Å². The summed E-state index contributed by atoms with van der Waals surface area (Å²) in [6.45, 7) is 4.89. The zero-order valence-electron chi connectivity index (χ0n) is 21.8. The first-order valence-corrected chi connectivity index (χ1v) is 14.7. The summed E-state index contributed by atoms with van der Waals surface area (Å²) in [7, 11) is -3.62. The molecule has 0 radical (unpaired) electrons. The highest BCUT2D eigenvalue weighted by Gasteiger charge is 2.28. The normalized spacial score (nSPS) is 15.7. The predicted molar refractivity (Wildman–Crippen MR) is 148 cm³/mol. The van der Waals surface area contributed by atoms with Crippen LogP contribution in [-0.4, -0.2) is 45.8 Å². The number of hydrogen-bond acceptors (Lipinski definition) is 6. The molecule has 1 saturated heterocycles. The van der Waals surface area contributed by atoms with E-state index >= 15 is 0 Å². The lowest BCUT2D eigenvalue weighted by molar-refractivity contribution is 0.214. The van der Waals surface area contributed by atoms with Crippen LogP contribution >= 0.6 is 0 Å². The summed E-state index contributed by atoms with van der Waals surface area (Å²) in [6.07, 6.45) is 4.33. The molecule has 7 nitrogen and oxygen atoms in total. The van der Waals surface area contributed by atoms with Gasteiger partial charge in [-0.3, -0.25) is 4.90 Å².